The van der Waals surface area contributed by atoms with E-state index in [0.29, 0.717) is 17.2 Å². The van der Waals surface area contributed by atoms with Gasteiger partial charge in [0.1, 0.15) is 0 Å². The third-order valence-electron chi connectivity index (χ3n) is 3.09. The van der Waals surface area contributed by atoms with Crippen molar-refractivity contribution in [3.05, 3.63) is 17.8 Å². The highest BCUT2D eigenvalue weighted by Crippen LogP contribution is 2.43. The molecule has 0 saturated heterocycles. The first kappa shape index (κ1) is 11.6. The summed E-state index contributed by atoms with van der Waals surface area (Å²) < 4.78 is 18.2. The summed E-state index contributed by atoms with van der Waals surface area (Å²) in [6.45, 7) is 2.05. The Hall–Kier alpha value is -1.84. The van der Waals surface area contributed by atoms with E-state index in [9.17, 15) is 0 Å². The van der Waals surface area contributed by atoms with Crippen LogP contribution >= 0.6 is 0 Å². The Kier molecular flexibility index (Phi) is 2.88. The summed E-state index contributed by atoms with van der Waals surface area (Å²) in [5.74, 6) is 2.02. The molecule has 0 amide bonds. The Morgan fingerprint density at radius 1 is 0.941 bits per heavy atom. The van der Waals surface area contributed by atoms with Crippen molar-refractivity contribution < 1.29 is 14.2 Å². The average Bonchev–Trinajstić information content (AvgIpc) is 2.63. The first-order valence-electron chi connectivity index (χ1n) is 5.39. The minimum Gasteiger partial charge on any atom is -0.493 e. The number of rotatable bonds is 3. The summed E-state index contributed by atoms with van der Waals surface area (Å²) in [5, 5.41) is 1.03. The SMILES string of the molecule is COc1cc2c(cc(C)n2C)c(OC)c1OC. The molecule has 0 radical (unpaired) electrons. The van der Waals surface area contributed by atoms with Gasteiger partial charge in [-0.3, -0.25) is 0 Å². The fraction of sp³-hybridized carbons (Fsp3) is 0.385. The number of methoxy groups -OCH3 is 3. The van der Waals surface area contributed by atoms with Gasteiger partial charge in [-0.25, -0.2) is 0 Å². The first-order chi connectivity index (χ1) is 8.13. The van der Waals surface area contributed by atoms with Crippen LogP contribution in [0.5, 0.6) is 17.2 Å². The van der Waals surface area contributed by atoms with Gasteiger partial charge < -0.3 is 18.8 Å². The molecule has 92 valence electrons. The van der Waals surface area contributed by atoms with Crippen LogP contribution in [0, 0.1) is 6.92 Å². The standard InChI is InChI=1S/C13H17NO3/c1-8-6-9-10(14(8)2)7-11(15-3)13(17-5)12(9)16-4/h6-7H,1-5H3. The van der Waals surface area contributed by atoms with E-state index in [4.69, 9.17) is 14.2 Å². The molecule has 0 bridgehead atoms. The van der Waals surface area contributed by atoms with Crippen molar-refractivity contribution in [2.75, 3.05) is 21.3 Å². The van der Waals surface area contributed by atoms with Gasteiger partial charge in [-0.15, -0.1) is 0 Å². The molecule has 1 aromatic carbocycles. The monoisotopic (exact) mass is 235 g/mol. The zero-order valence-electron chi connectivity index (χ0n) is 10.8. The van der Waals surface area contributed by atoms with Gasteiger partial charge in [-0.05, 0) is 13.0 Å². The predicted octanol–water partition coefficient (Wildman–Crippen LogP) is 2.51. The molecule has 0 spiro atoms. The van der Waals surface area contributed by atoms with Crippen LogP contribution in [0.4, 0.5) is 0 Å². The third-order valence-corrected chi connectivity index (χ3v) is 3.09. The van der Waals surface area contributed by atoms with Crippen LogP contribution in [0.3, 0.4) is 0 Å². The van der Waals surface area contributed by atoms with Gasteiger partial charge >= 0.3 is 0 Å². The maximum Gasteiger partial charge on any atom is 0.204 e. The second-order valence-electron chi connectivity index (χ2n) is 3.92. The molecule has 0 N–H and O–H groups in total. The molecule has 0 fully saturated rings. The molecule has 1 heterocycles. The predicted molar refractivity (Wildman–Crippen MR) is 67.3 cm³/mol. The Labute approximate surface area is 101 Å². The Balaban J connectivity index is 2.88. The van der Waals surface area contributed by atoms with E-state index >= 15 is 0 Å². The lowest BCUT2D eigenvalue weighted by Crippen LogP contribution is -1.96. The molecule has 0 saturated carbocycles. The number of hydrogen-bond acceptors (Lipinski definition) is 3. The molecule has 0 aliphatic carbocycles. The second kappa shape index (κ2) is 4.20. The van der Waals surface area contributed by atoms with Crippen LogP contribution in [0.2, 0.25) is 0 Å². The molecule has 0 aliphatic heterocycles. The summed E-state index contributed by atoms with van der Waals surface area (Å²) >= 11 is 0. The molecule has 17 heavy (non-hydrogen) atoms. The van der Waals surface area contributed by atoms with Crippen LogP contribution in [0.1, 0.15) is 5.69 Å². The molecule has 0 unspecified atom stereocenters. The molecule has 2 rings (SSSR count). The van der Waals surface area contributed by atoms with Gasteiger partial charge in [0.25, 0.3) is 0 Å². The van der Waals surface area contributed by atoms with Crippen LogP contribution in [0.25, 0.3) is 10.9 Å². The topological polar surface area (TPSA) is 32.6 Å². The average molecular weight is 235 g/mol. The van der Waals surface area contributed by atoms with E-state index in [1.54, 1.807) is 21.3 Å². The summed E-state index contributed by atoms with van der Waals surface area (Å²) in [7, 11) is 6.89. The minimum atomic E-state index is 0.633. The minimum absolute atomic E-state index is 0.633. The van der Waals surface area contributed by atoms with Gasteiger partial charge in [0.15, 0.2) is 11.5 Å². The van der Waals surface area contributed by atoms with Gasteiger partial charge in [0.2, 0.25) is 5.75 Å². The zero-order valence-corrected chi connectivity index (χ0v) is 10.8. The van der Waals surface area contributed by atoms with Gasteiger partial charge in [-0.1, -0.05) is 0 Å². The quantitative estimate of drug-likeness (QED) is 0.819. The van der Waals surface area contributed by atoms with Crippen molar-refractivity contribution in [2.24, 2.45) is 7.05 Å². The van der Waals surface area contributed by atoms with Crippen LogP contribution in [0.15, 0.2) is 12.1 Å². The molecule has 0 aliphatic rings. The molecular formula is C13H17NO3. The van der Waals surface area contributed by atoms with Gasteiger partial charge in [-0.2, -0.15) is 0 Å². The van der Waals surface area contributed by atoms with E-state index in [0.717, 1.165) is 16.6 Å². The molecular weight excluding hydrogens is 218 g/mol. The maximum atomic E-state index is 5.44. The van der Waals surface area contributed by atoms with Crippen LogP contribution in [-0.2, 0) is 7.05 Å². The number of benzene rings is 1. The molecule has 1 aromatic heterocycles. The Morgan fingerprint density at radius 2 is 1.59 bits per heavy atom. The van der Waals surface area contributed by atoms with Crippen molar-refractivity contribution in [1.29, 1.82) is 0 Å². The molecule has 2 aromatic rings. The lowest BCUT2D eigenvalue weighted by atomic mass is 10.2. The van der Waals surface area contributed by atoms with Crippen molar-refractivity contribution in [1.82, 2.24) is 4.57 Å². The zero-order chi connectivity index (χ0) is 12.6. The normalized spacial score (nSPS) is 10.6. The van der Waals surface area contributed by atoms with Crippen LogP contribution < -0.4 is 14.2 Å². The summed E-state index contributed by atoms with van der Waals surface area (Å²) in [6.07, 6.45) is 0. The highest BCUT2D eigenvalue weighted by molar-refractivity contribution is 5.92. The lowest BCUT2D eigenvalue weighted by Gasteiger charge is -2.13. The third kappa shape index (κ3) is 1.60. The molecule has 4 nitrogen and oxygen atoms in total. The van der Waals surface area contributed by atoms with Crippen molar-refractivity contribution >= 4 is 10.9 Å². The van der Waals surface area contributed by atoms with E-state index in [-0.39, 0.29) is 0 Å². The fourth-order valence-corrected chi connectivity index (χ4v) is 2.08. The lowest BCUT2D eigenvalue weighted by molar-refractivity contribution is 0.327. The molecule has 0 atom stereocenters. The van der Waals surface area contributed by atoms with E-state index in [1.807, 2.05) is 13.1 Å². The van der Waals surface area contributed by atoms with E-state index in [1.165, 1.54) is 0 Å². The van der Waals surface area contributed by atoms with E-state index < -0.39 is 0 Å². The summed E-state index contributed by atoms with van der Waals surface area (Å²) in [4.78, 5) is 0. The largest absolute Gasteiger partial charge is 0.493 e. The van der Waals surface area contributed by atoms with Crippen molar-refractivity contribution in [2.45, 2.75) is 6.92 Å². The molecule has 4 heteroatoms. The van der Waals surface area contributed by atoms with Crippen LogP contribution in [-0.4, -0.2) is 25.9 Å². The Bertz CT molecular complexity index is 558. The highest BCUT2D eigenvalue weighted by atomic mass is 16.5. The second-order valence-corrected chi connectivity index (χ2v) is 3.92. The number of hydrogen-bond donors (Lipinski definition) is 0. The number of nitrogens with zero attached hydrogens (tertiary/aromatic N) is 1. The maximum absolute atomic E-state index is 5.44. The number of aryl methyl sites for hydroxylation is 2. The highest BCUT2D eigenvalue weighted by Gasteiger charge is 2.18. The van der Waals surface area contributed by atoms with Crippen molar-refractivity contribution in [3.8, 4) is 17.2 Å². The summed E-state index contributed by atoms with van der Waals surface area (Å²) in [5.41, 5.74) is 2.23. The Morgan fingerprint density at radius 3 is 2.12 bits per heavy atom. The van der Waals surface area contributed by atoms with Gasteiger partial charge in [0.05, 0.1) is 26.8 Å². The number of fused-ring (bicyclic) bond motifs is 1. The number of ether oxygens (including phenoxy) is 3. The van der Waals surface area contributed by atoms with Crippen molar-refractivity contribution in [3.63, 3.8) is 0 Å². The number of aromatic nitrogens is 1. The van der Waals surface area contributed by atoms with E-state index in [2.05, 4.69) is 17.6 Å². The summed E-state index contributed by atoms with van der Waals surface area (Å²) in [6, 6.07) is 4.04. The smallest absolute Gasteiger partial charge is 0.204 e. The first-order valence-corrected chi connectivity index (χ1v) is 5.39. The van der Waals surface area contributed by atoms with Gasteiger partial charge in [0, 0.05) is 24.2 Å². The fourth-order valence-electron chi connectivity index (χ4n) is 2.08.